The fraction of sp³-hybridized carbons (Fsp3) is 0.192. The number of ether oxygens (including phenoxy) is 1. The number of carbonyl (C=O) groups excluding carboxylic acids is 3. The molecule has 2 heterocycles. The zero-order valence-electron chi connectivity index (χ0n) is 18.1. The predicted molar refractivity (Wildman–Crippen MR) is 120 cm³/mol. The van der Waals surface area contributed by atoms with Gasteiger partial charge in [-0.25, -0.2) is 14.1 Å². The van der Waals surface area contributed by atoms with Gasteiger partial charge in [0, 0.05) is 6.04 Å². The van der Waals surface area contributed by atoms with Gasteiger partial charge in [-0.2, -0.15) is 0 Å². The summed E-state index contributed by atoms with van der Waals surface area (Å²) in [5.74, 6) is -4.29. The Hall–Kier alpha value is -4.04. The largest absolute Gasteiger partial charge is 0.508 e. The number of fused-ring (bicyclic) bond motifs is 1. The third-order valence-electron chi connectivity index (χ3n) is 6.63. The molecule has 7 nitrogen and oxygen atoms in total. The standard InChI is InChI=1S/C26H21FN2O5/c1-34-25(33)26(16-5-3-2-4-6-16)21-20(22(28-26)15-7-13-19(30)14-8-15)23(31)29(24(21)32)18-11-9-17(27)10-12-18/h2-14,20-22,28,30H,1H3/t20-,21+,22+,26+/m0/s1. The Bertz CT molecular complexity index is 1260. The molecule has 0 aromatic heterocycles. The average molecular weight is 460 g/mol. The summed E-state index contributed by atoms with van der Waals surface area (Å²) >= 11 is 0. The van der Waals surface area contributed by atoms with E-state index in [1.165, 1.54) is 43.5 Å². The van der Waals surface area contributed by atoms with Crippen LogP contribution in [0.1, 0.15) is 17.2 Å². The van der Waals surface area contributed by atoms with E-state index in [0.717, 1.165) is 4.90 Å². The van der Waals surface area contributed by atoms with Crippen molar-refractivity contribution in [2.24, 2.45) is 11.8 Å². The van der Waals surface area contributed by atoms with Crippen molar-refractivity contribution in [2.75, 3.05) is 12.0 Å². The Morgan fingerprint density at radius 1 is 0.971 bits per heavy atom. The van der Waals surface area contributed by atoms with Crippen LogP contribution in [-0.4, -0.2) is 30.0 Å². The van der Waals surface area contributed by atoms with Crippen LogP contribution >= 0.6 is 0 Å². The molecule has 0 spiro atoms. The number of esters is 1. The second-order valence-corrected chi connectivity index (χ2v) is 8.37. The summed E-state index contributed by atoms with van der Waals surface area (Å²) in [5.41, 5.74) is -0.302. The van der Waals surface area contributed by atoms with Gasteiger partial charge in [-0.05, 0) is 47.5 Å². The van der Waals surface area contributed by atoms with Crippen molar-refractivity contribution in [1.29, 1.82) is 0 Å². The van der Waals surface area contributed by atoms with Crippen molar-refractivity contribution >= 4 is 23.5 Å². The summed E-state index contributed by atoms with van der Waals surface area (Å²) in [7, 11) is 1.23. The molecular formula is C26H21FN2O5. The topological polar surface area (TPSA) is 95.9 Å². The number of carbonyl (C=O) groups is 3. The molecule has 5 rings (SSSR count). The van der Waals surface area contributed by atoms with Gasteiger partial charge in [0.05, 0.1) is 24.6 Å². The first-order valence-corrected chi connectivity index (χ1v) is 10.7. The van der Waals surface area contributed by atoms with Crippen LogP contribution in [0.4, 0.5) is 10.1 Å². The molecule has 2 amide bonds. The van der Waals surface area contributed by atoms with Crippen molar-refractivity contribution in [3.63, 3.8) is 0 Å². The minimum atomic E-state index is -1.63. The van der Waals surface area contributed by atoms with Crippen molar-refractivity contribution in [2.45, 2.75) is 11.6 Å². The van der Waals surface area contributed by atoms with Crippen LogP contribution < -0.4 is 10.2 Å². The highest BCUT2D eigenvalue weighted by atomic mass is 19.1. The Morgan fingerprint density at radius 2 is 1.62 bits per heavy atom. The van der Waals surface area contributed by atoms with Gasteiger partial charge in [-0.1, -0.05) is 42.5 Å². The number of hydrogen-bond acceptors (Lipinski definition) is 6. The lowest BCUT2D eigenvalue weighted by Crippen LogP contribution is -2.53. The molecular weight excluding hydrogens is 439 g/mol. The summed E-state index contributed by atoms with van der Waals surface area (Å²) in [4.78, 5) is 42.0. The second kappa shape index (κ2) is 8.07. The van der Waals surface area contributed by atoms with Gasteiger partial charge in [-0.15, -0.1) is 0 Å². The van der Waals surface area contributed by atoms with E-state index in [9.17, 15) is 23.9 Å². The first kappa shape index (κ1) is 21.8. The van der Waals surface area contributed by atoms with Gasteiger partial charge in [0.25, 0.3) is 0 Å². The first-order valence-electron chi connectivity index (χ1n) is 10.7. The van der Waals surface area contributed by atoms with E-state index >= 15 is 0 Å². The Balaban J connectivity index is 1.72. The van der Waals surface area contributed by atoms with Crippen LogP contribution in [0.25, 0.3) is 0 Å². The molecule has 2 aliphatic rings. The lowest BCUT2D eigenvalue weighted by Gasteiger charge is -2.33. The third-order valence-corrected chi connectivity index (χ3v) is 6.63. The highest BCUT2D eigenvalue weighted by Crippen LogP contribution is 2.54. The van der Waals surface area contributed by atoms with Crippen molar-refractivity contribution in [3.8, 4) is 5.75 Å². The molecule has 2 fully saturated rings. The van der Waals surface area contributed by atoms with E-state index < -0.39 is 47.0 Å². The van der Waals surface area contributed by atoms with E-state index in [2.05, 4.69) is 5.32 Å². The van der Waals surface area contributed by atoms with Crippen LogP contribution in [0.2, 0.25) is 0 Å². The molecule has 0 radical (unpaired) electrons. The maximum atomic E-state index is 13.8. The molecule has 8 heteroatoms. The van der Waals surface area contributed by atoms with Crippen molar-refractivity contribution < 1.29 is 28.6 Å². The normalized spacial score (nSPS) is 25.9. The van der Waals surface area contributed by atoms with Gasteiger partial charge >= 0.3 is 5.97 Å². The van der Waals surface area contributed by atoms with E-state index in [-0.39, 0.29) is 11.4 Å². The fourth-order valence-corrected chi connectivity index (χ4v) is 5.15. The first-order chi connectivity index (χ1) is 16.4. The minimum absolute atomic E-state index is 0.0438. The maximum Gasteiger partial charge on any atom is 0.331 e. The number of imide groups is 1. The SMILES string of the molecule is COC(=O)[C@]1(c2ccccc2)N[C@H](c2ccc(O)cc2)[C@H]2C(=O)N(c3ccc(F)cc3)C(=O)[C@@H]21. The van der Waals surface area contributed by atoms with Gasteiger partial charge in [0.2, 0.25) is 11.8 Å². The third kappa shape index (κ3) is 3.10. The van der Waals surface area contributed by atoms with Gasteiger partial charge in [0.1, 0.15) is 11.6 Å². The van der Waals surface area contributed by atoms with Crippen LogP contribution in [0.5, 0.6) is 5.75 Å². The van der Waals surface area contributed by atoms with Gasteiger partial charge in [-0.3, -0.25) is 14.9 Å². The van der Waals surface area contributed by atoms with Gasteiger partial charge < -0.3 is 9.84 Å². The summed E-state index contributed by atoms with van der Waals surface area (Å²) in [6, 6.07) is 19.2. The van der Waals surface area contributed by atoms with Gasteiger partial charge in [0.15, 0.2) is 5.54 Å². The number of nitrogens with zero attached hydrogens (tertiary/aromatic N) is 1. The highest BCUT2D eigenvalue weighted by Gasteiger charge is 2.69. The molecule has 0 saturated carbocycles. The lowest BCUT2D eigenvalue weighted by atomic mass is 9.75. The number of phenols is 1. The number of methoxy groups -OCH3 is 1. The zero-order chi connectivity index (χ0) is 24.0. The van der Waals surface area contributed by atoms with Crippen LogP contribution in [-0.2, 0) is 24.7 Å². The number of aromatic hydroxyl groups is 1. The monoisotopic (exact) mass is 460 g/mol. The molecule has 0 aliphatic carbocycles. The summed E-state index contributed by atoms with van der Waals surface area (Å²) < 4.78 is 18.7. The van der Waals surface area contributed by atoms with E-state index in [1.54, 1.807) is 42.5 Å². The smallest absolute Gasteiger partial charge is 0.331 e. The molecule has 4 atom stereocenters. The van der Waals surface area contributed by atoms with E-state index in [4.69, 9.17) is 4.74 Å². The number of phenolic OH excluding ortho intramolecular Hbond substituents is 1. The molecule has 34 heavy (non-hydrogen) atoms. The molecule has 0 bridgehead atoms. The molecule has 3 aromatic rings. The fourth-order valence-electron chi connectivity index (χ4n) is 5.15. The minimum Gasteiger partial charge on any atom is -0.508 e. The number of hydrogen-bond donors (Lipinski definition) is 2. The molecule has 2 N–H and O–H groups in total. The second-order valence-electron chi connectivity index (χ2n) is 8.37. The predicted octanol–water partition coefficient (Wildman–Crippen LogP) is 3.05. The number of nitrogens with one attached hydrogen (secondary N) is 1. The van der Waals surface area contributed by atoms with Crippen molar-refractivity contribution in [1.82, 2.24) is 5.32 Å². The molecule has 2 saturated heterocycles. The number of rotatable bonds is 4. The van der Waals surface area contributed by atoms with E-state index in [1.807, 2.05) is 0 Å². The quantitative estimate of drug-likeness (QED) is 0.459. The van der Waals surface area contributed by atoms with Crippen LogP contribution in [0.15, 0.2) is 78.9 Å². The Morgan fingerprint density at radius 3 is 2.24 bits per heavy atom. The number of amides is 2. The molecule has 0 unspecified atom stereocenters. The number of anilines is 1. The summed E-state index contributed by atoms with van der Waals surface area (Å²) in [6.45, 7) is 0. The van der Waals surface area contributed by atoms with E-state index in [0.29, 0.717) is 11.1 Å². The zero-order valence-corrected chi connectivity index (χ0v) is 18.1. The Kier molecular flexibility index (Phi) is 5.17. The number of benzene rings is 3. The Labute approximate surface area is 194 Å². The molecule has 3 aromatic carbocycles. The highest BCUT2D eigenvalue weighted by molar-refractivity contribution is 6.24. The summed E-state index contributed by atoms with van der Waals surface area (Å²) in [6.07, 6.45) is 0. The van der Waals surface area contributed by atoms with Crippen LogP contribution in [0.3, 0.4) is 0 Å². The number of halogens is 1. The van der Waals surface area contributed by atoms with Crippen LogP contribution in [0, 0.1) is 17.7 Å². The lowest BCUT2D eigenvalue weighted by molar-refractivity contribution is -0.152. The maximum absolute atomic E-state index is 13.8. The summed E-state index contributed by atoms with van der Waals surface area (Å²) in [5, 5.41) is 13.0. The average Bonchev–Trinajstić information content (AvgIpc) is 3.35. The molecule has 172 valence electrons. The van der Waals surface area contributed by atoms with Crippen molar-refractivity contribution in [3.05, 3.63) is 95.8 Å². The molecule has 2 aliphatic heterocycles.